The Morgan fingerprint density at radius 2 is 1.51 bits per heavy atom. The quantitative estimate of drug-likeness (QED) is 0.177. The highest BCUT2D eigenvalue weighted by Crippen LogP contribution is 2.35. The van der Waals surface area contributed by atoms with Gasteiger partial charge in [-0.2, -0.15) is 0 Å². The van der Waals surface area contributed by atoms with Crippen molar-refractivity contribution < 1.29 is 33.4 Å². The third-order valence-electron chi connectivity index (χ3n) is 9.80. The van der Waals surface area contributed by atoms with Crippen LogP contribution < -0.4 is 19.7 Å². The lowest BCUT2D eigenvalue weighted by Crippen LogP contribution is -2.54. The second-order valence-corrected chi connectivity index (χ2v) is 13.6. The highest BCUT2D eigenvalue weighted by molar-refractivity contribution is 6.23. The van der Waals surface area contributed by atoms with Crippen LogP contribution in [-0.2, 0) is 21.6 Å². The summed E-state index contributed by atoms with van der Waals surface area (Å²) >= 11 is 0. The largest absolute Gasteiger partial charge is 0.493 e. The lowest BCUT2D eigenvalue weighted by atomic mass is 9.78. The third-order valence-corrected chi connectivity index (χ3v) is 9.80. The third kappa shape index (κ3) is 6.69. The number of fused-ring (bicyclic) bond motifs is 1. The van der Waals surface area contributed by atoms with Crippen LogP contribution in [0.1, 0.15) is 81.8 Å². The standard InChI is InChI=1S/C39H37N5O7/c1-23(45)35-40-17-16-27(41-35)22-51-30-11-6-26(7-12-30)39(2,3)25-4-9-29(10-5-25)50-21-24-19-43(20-24)28-8-13-31-32(18-28)38(49)44(37(31)48)33-14-15-34(46)42-36(33)47/h4-13,16-18,24,33H,14-15,19-22H2,1-3H3,(H,42,46,47). The van der Waals surface area contributed by atoms with Crippen LogP contribution in [-0.4, -0.2) is 70.0 Å². The lowest BCUT2D eigenvalue weighted by Gasteiger charge is -2.41. The van der Waals surface area contributed by atoms with Gasteiger partial charge in [0.1, 0.15) is 24.1 Å². The van der Waals surface area contributed by atoms with Crippen molar-refractivity contribution in [1.82, 2.24) is 20.2 Å². The van der Waals surface area contributed by atoms with Gasteiger partial charge in [-0.3, -0.25) is 34.2 Å². The van der Waals surface area contributed by atoms with Gasteiger partial charge in [-0.25, -0.2) is 9.97 Å². The summed E-state index contributed by atoms with van der Waals surface area (Å²) in [7, 11) is 0. The summed E-state index contributed by atoms with van der Waals surface area (Å²) in [6.07, 6.45) is 1.76. The predicted molar refractivity (Wildman–Crippen MR) is 186 cm³/mol. The minimum Gasteiger partial charge on any atom is -0.493 e. The van der Waals surface area contributed by atoms with Gasteiger partial charge < -0.3 is 14.4 Å². The number of amides is 4. The number of hydrogen-bond donors (Lipinski definition) is 1. The van der Waals surface area contributed by atoms with E-state index in [0.29, 0.717) is 18.1 Å². The number of nitrogens with one attached hydrogen (secondary N) is 1. The molecule has 1 aromatic heterocycles. The monoisotopic (exact) mass is 687 g/mol. The Hall–Kier alpha value is -5.91. The molecule has 0 aliphatic carbocycles. The average Bonchev–Trinajstić information content (AvgIpc) is 3.35. The number of ketones is 1. The van der Waals surface area contributed by atoms with Gasteiger partial charge >= 0.3 is 0 Å². The molecule has 1 atom stereocenters. The van der Waals surface area contributed by atoms with Crippen molar-refractivity contribution in [1.29, 1.82) is 0 Å². The van der Waals surface area contributed by atoms with Crippen LogP contribution in [0.5, 0.6) is 11.5 Å². The van der Waals surface area contributed by atoms with E-state index in [1.165, 1.54) is 6.92 Å². The molecule has 260 valence electrons. The molecule has 0 radical (unpaired) electrons. The van der Waals surface area contributed by atoms with Gasteiger partial charge in [-0.15, -0.1) is 0 Å². The Labute approximate surface area is 294 Å². The molecule has 4 heterocycles. The van der Waals surface area contributed by atoms with Crippen LogP contribution >= 0.6 is 0 Å². The molecule has 4 amide bonds. The Morgan fingerprint density at radius 1 is 0.863 bits per heavy atom. The molecule has 2 saturated heterocycles. The summed E-state index contributed by atoms with van der Waals surface area (Å²) in [6, 6.07) is 22.0. The van der Waals surface area contributed by atoms with Crippen molar-refractivity contribution in [2.24, 2.45) is 5.92 Å². The van der Waals surface area contributed by atoms with Crippen molar-refractivity contribution >= 4 is 35.1 Å². The number of carbonyl (C=O) groups is 5. The highest BCUT2D eigenvalue weighted by atomic mass is 16.5. The van der Waals surface area contributed by atoms with E-state index in [1.807, 2.05) is 42.5 Å². The van der Waals surface area contributed by atoms with Crippen LogP contribution in [0.25, 0.3) is 0 Å². The van der Waals surface area contributed by atoms with E-state index in [0.717, 1.165) is 40.6 Å². The van der Waals surface area contributed by atoms with Gasteiger partial charge in [-0.05, 0) is 66.1 Å². The maximum Gasteiger partial charge on any atom is 0.262 e. The Kier molecular flexibility index (Phi) is 8.84. The van der Waals surface area contributed by atoms with E-state index in [4.69, 9.17) is 9.47 Å². The molecule has 1 unspecified atom stereocenters. The van der Waals surface area contributed by atoms with Crippen molar-refractivity contribution in [2.45, 2.75) is 51.7 Å². The maximum atomic E-state index is 13.2. The molecule has 12 nitrogen and oxygen atoms in total. The number of ether oxygens (including phenoxy) is 2. The lowest BCUT2D eigenvalue weighted by molar-refractivity contribution is -0.136. The normalized spacial score (nSPS) is 17.6. The Morgan fingerprint density at radius 3 is 2.16 bits per heavy atom. The van der Waals surface area contributed by atoms with E-state index in [-0.39, 0.29) is 53.5 Å². The summed E-state index contributed by atoms with van der Waals surface area (Å²) in [5, 5.41) is 2.22. The zero-order valence-electron chi connectivity index (χ0n) is 28.5. The molecule has 7 rings (SSSR count). The van der Waals surface area contributed by atoms with Crippen LogP contribution in [0.2, 0.25) is 0 Å². The molecule has 51 heavy (non-hydrogen) atoms. The molecule has 0 saturated carbocycles. The molecule has 3 aliphatic rings. The Balaban J connectivity index is 0.900. The van der Waals surface area contributed by atoms with Gasteiger partial charge in [0, 0.05) is 49.7 Å². The minimum atomic E-state index is -0.983. The number of imide groups is 2. The Bertz CT molecular complexity index is 2040. The zero-order valence-corrected chi connectivity index (χ0v) is 28.5. The van der Waals surface area contributed by atoms with E-state index in [9.17, 15) is 24.0 Å². The topological polar surface area (TPSA) is 148 Å². The number of rotatable bonds is 11. The number of hydrogen-bond acceptors (Lipinski definition) is 10. The fraction of sp³-hybridized carbons (Fsp3) is 0.308. The highest BCUT2D eigenvalue weighted by Gasteiger charge is 2.45. The summed E-state index contributed by atoms with van der Waals surface area (Å²) < 4.78 is 12.0. The summed E-state index contributed by atoms with van der Waals surface area (Å²) in [4.78, 5) is 73.0. The average molecular weight is 688 g/mol. The van der Waals surface area contributed by atoms with Gasteiger partial charge in [0.25, 0.3) is 11.8 Å². The molecule has 3 aliphatic heterocycles. The van der Waals surface area contributed by atoms with E-state index in [2.05, 4.69) is 46.2 Å². The number of nitrogens with zero attached hydrogens (tertiary/aromatic N) is 4. The molecular weight excluding hydrogens is 650 g/mol. The molecule has 1 N–H and O–H groups in total. The van der Waals surface area contributed by atoms with Crippen LogP contribution in [0.4, 0.5) is 5.69 Å². The molecule has 0 bridgehead atoms. The molecule has 0 spiro atoms. The number of piperidine rings is 1. The molecule has 2 fully saturated rings. The second kappa shape index (κ2) is 13.4. The first-order valence-electron chi connectivity index (χ1n) is 16.9. The van der Waals surface area contributed by atoms with Crippen LogP contribution in [0.3, 0.4) is 0 Å². The summed E-state index contributed by atoms with van der Waals surface area (Å²) in [6.45, 7) is 8.01. The smallest absolute Gasteiger partial charge is 0.262 e. The van der Waals surface area contributed by atoms with Crippen molar-refractivity contribution in [3.63, 3.8) is 0 Å². The van der Waals surface area contributed by atoms with Gasteiger partial charge in [-0.1, -0.05) is 38.1 Å². The van der Waals surface area contributed by atoms with Gasteiger partial charge in [0.2, 0.25) is 11.8 Å². The second-order valence-electron chi connectivity index (χ2n) is 13.6. The first kappa shape index (κ1) is 33.6. The molecule has 12 heteroatoms. The van der Waals surface area contributed by atoms with Crippen LogP contribution in [0, 0.1) is 5.92 Å². The number of Topliss-reactive ketones (excluding diaryl/α,β-unsaturated/α-hetero) is 1. The molecule has 4 aromatic rings. The van der Waals surface area contributed by atoms with E-state index >= 15 is 0 Å². The van der Waals surface area contributed by atoms with Crippen molar-refractivity contribution in [3.8, 4) is 11.5 Å². The number of anilines is 1. The van der Waals surface area contributed by atoms with Crippen molar-refractivity contribution in [3.05, 3.63) is 113 Å². The number of carbonyl (C=O) groups excluding carboxylic acids is 5. The fourth-order valence-electron chi connectivity index (χ4n) is 6.66. The fourth-order valence-corrected chi connectivity index (χ4v) is 6.66. The SMILES string of the molecule is CC(=O)c1nccc(COc2ccc(C(C)(C)c3ccc(OCC4CN(c5ccc6c(c5)C(=O)N(C5CCC(=O)NC5=O)C6=O)C4)cc3)cc2)n1. The van der Waals surface area contributed by atoms with Crippen molar-refractivity contribution in [2.75, 3.05) is 24.6 Å². The number of aromatic nitrogens is 2. The maximum absolute atomic E-state index is 13.2. The molecular formula is C39H37N5O7. The van der Waals surface area contributed by atoms with Gasteiger partial charge in [0.05, 0.1) is 23.4 Å². The van der Waals surface area contributed by atoms with E-state index in [1.54, 1.807) is 24.4 Å². The number of benzene rings is 3. The van der Waals surface area contributed by atoms with Gasteiger partial charge in [0.15, 0.2) is 11.6 Å². The van der Waals surface area contributed by atoms with E-state index < -0.39 is 29.7 Å². The first-order valence-corrected chi connectivity index (χ1v) is 16.9. The summed E-state index contributed by atoms with van der Waals surface area (Å²) in [5.74, 6) is -0.281. The minimum absolute atomic E-state index is 0.0828. The first-order chi connectivity index (χ1) is 24.5. The predicted octanol–water partition coefficient (Wildman–Crippen LogP) is 4.50. The summed E-state index contributed by atoms with van der Waals surface area (Å²) in [5.41, 5.74) is 4.00. The zero-order chi connectivity index (χ0) is 35.9. The van der Waals surface area contributed by atoms with Crippen LogP contribution in [0.15, 0.2) is 79.0 Å². The molecule has 3 aromatic carbocycles.